The third-order valence-corrected chi connectivity index (χ3v) is 4.10. The summed E-state index contributed by atoms with van der Waals surface area (Å²) in [6.07, 6.45) is 0. The summed E-state index contributed by atoms with van der Waals surface area (Å²) < 4.78 is 1.28. The maximum Gasteiger partial charge on any atom is 0.0492 e. The van der Waals surface area contributed by atoms with Gasteiger partial charge in [-0.25, -0.2) is 0 Å². The SMILES string of the molecule is CC(C)(C)c1cc2c(Cl)cccc2s1. The largest absolute Gasteiger partial charge is 0.140 e. The zero-order valence-corrected chi connectivity index (χ0v) is 10.2. The molecular weight excluding hydrogens is 212 g/mol. The highest BCUT2D eigenvalue weighted by Crippen LogP contribution is 2.36. The van der Waals surface area contributed by atoms with Crippen molar-refractivity contribution in [1.29, 1.82) is 0 Å². The van der Waals surface area contributed by atoms with Crippen molar-refractivity contribution in [2.45, 2.75) is 26.2 Å². The van der Waals surface area contributed by atoms with E-state index in [4.69, 9.17) is 11.6 Å². The highest BCUT2D eigenvalue weighted by Gasteiger charge is 2.17. The molecule has 0 saturated heterocycles. The van der Waals surface area contributed by atoms with Crippen molar-refractivity contribution in [3.05, 3.63) is 34.2 Å². The van der Waals surface area contributed by atoms with Gasteiger partial charge in [0, 0.05) is 20.0 Å². The van der Waals surface area contributed by atoms with Gasteiger partial charge >= 0.3 is 0 Å². The molecule has 1 aromatic carbocycles. The summed E-state index contributed by atoms with van der Waals surface area (Å²) >= 11 is 7.96. The average Bonchev–Trinajstić information content (AvgIpc) is 2.48. The average molecular weight is 225 g/mol. The Kier molecular flexibility index (Phi) is 2.32. The molecule has 0 aliphatic heterocycles. The summed E-state index contributed by atoms with van der Waals surface area (Å²) in [4.78, 5) is 1.39. The van der Waals surface area contributed by atoms with Crippen LogP contribution in [0.4, 0.5) is 0 Å². The fourth-order valence-electron chi connectivity index (χ4n) is 1.39. The molecule has 0 amide bonds. The van der Waals surface area contributed by atoms with E-state index < -0.39 is 0 Å². The van der Waals surface area contributed by atoms with Crippen LogP contribution in [-0.2, 0) is 5.41 Å². The molecule has 1 heterocycles. The highest BCUT2D eigenvalue weighted by molar-refractivity contribution is 7.19. The first kappa shape index (κ1) is 10.0. The van der Waals surface area contributed by atoms with Gasteiger partial charge in [0.2, 0.25) is 0 Å². The van der Waals surface area contributed by atoms with Gasteiger partial charge in [-0.1, -0.05) is 38.4 Å². The van der Waals surface area contributed by atoms with E-state index in [9.17, 15) is 0 Å². The molecule has 0 spiro atoms. The van der Waals surface area contributed by atoms with Gasteiger partial charge in [-0.2, -0.15) is 0 Å². The van der Waals surface area contributed by atoms with E-state index in [0.717, 1.165) is 5.02 Å². The Morgan fingerprint density at radius 1 is 1.21 bits per heavy atom. The molecule has 0 unspecified atom stereocenters. The first-order chi connectivity index (χ1) is 6.48. The summed E-state index contributed by atoms with van der Waals surface area (Å²) in [5.41, 5.74) is 0.215. The van der Waals surface area contributed by atoms with Crippen molar-refractivity contribution in [1.82, 2.24) is 0 Å². The van der Waals surface area contributed by atoms with E-state index >= 15 is 0 Å². The molecule has 0 atom stereocenters. The second-order valence-electron chi connectivity index (χ2n) is 4.51. The maximum absolute atomic E-state index is 6.13. The van der Waals surface area contributed by atoms with Crippen molar-refractivity contribution in [2.24, 2.45) is 0 Å². The van der Waals surface area contributed by atoms with Crippen molar-refractivity contribution in [2.75, 3.05) is 0 Å². The molecule has 0 bridgehead atoms. The highest BCUT2D eigenvalue weighted by atomic mass is 35.5. The van der Waals surface area contributed by atoms with Crippen LogP contribution in [0.1, 0.15) is 25.6 Å². The van der Waals surface area contributed by atoms with Gasteiger partial charge in [0.15, 0.2) is 0 Å². The van der Waals surface area contributed by atoms with Crippen LogP contribution < -0.4 is 0 Å². The third kappa shape index (κ3) is 1.67. The molecule has 0 saturated carbocycles. The molecule has 14 heavy (non-hydrogen) atoms. The Morgan fingerprint density at radius 3 is 2.50 bits per heavy atom. The Balaban J connectivity index is 2.69. The van der Waals surface area contributed by atoms with Crippen LogP contribution in [0.5, 0.6) is 0 Å². The van der Waals surface area contributed by atoms with Crippen molar-refractivity contribution >= 4 is 33.0 Å². The first-order valence-electron chi connectivity index (χ1n) is 4.67. The van der Waals surface area contributed by atoms with Gasteiger partial charge < -0.3 is 0 Å². The Bertz CT molecular complexity index is 463. The number of benzene rings is 1. The molecule has 1 aromatic heterocycles. The number of thiophene rings is 1. The standard InChI is InChI=1S/C12H13ClS/c1-12(2,3)11-7-8-9(13)5-4-6-10(8)14-11/h4-7H,1-3H3. The summed E-state index contributed by atoms with van der Waals surface area (Å²) in [6, 6.07) is 8.29. The molecule has 0 radical (unpaired) electrons. The zero-order chi connectivity index (χ0) is 10.3. The zero-order valence-electron chi connectivity index (χ0n) is 8.60. The molecule has 0 aliphatic rings. The topological polar surface area (TPSA) is 0 Å². The van der Waals surface area contributed by atoms with Gasteiger partial charge in [-0.05, 0) is 23.6 Å². The quantitative estimate of drug-likeness (QED) is 0.600. The molecular formula is C12H13ClS. The molecule has 2 aromatic rings. The normalized spacial score (nSPS) is 12.3. The van der Waals surface area contributed by atoms with Crippen LogP contribution in [0.3, 0.4) is 0 Å². The number of halogens is 1. The molecule has 2 rings (SSSR count). The lowest BCUT2D eigenvalue weighted by molar-refractivity contribution is 0.604. The van der Waals surface area contributed by atoms with Crippen molar-refractivity contribution in [3.8, 4) is 0 Å². The van der Waals surface area contributed by atoms with E-state index in [2.05, 4.69) is 32.9 Å². The molecule has 0 nitrogen and oxygen atoms in total. The second-order valence-corrected chi connectivity index (χ2v) is 6.00. The Labute approximate surface area is 93.5 Å². The van der Waals surface area contributed by atoms with Crippen LogP contribution in [0.25, 0.3) is 10.1 Å². The number of rotatable bonds is 0. The summed E-state index contributed by atoms with van der Waals surface area (Å²) in [5, 5.41) is 2.04. The van der Waals surface area contributed by atoms with Crippen LogP contribution in [0.2, 0.25) is 5.02 Å². The fourth-order valence-corrected chi connectivity index (χ4v) is 2.83. The molecule has 0 aliphatic carbocycles. The van der Waals surface area contributed by atoms with E-state index in [1.165, 1.54) is 15.0 Å². The summed E-state index contributed by atoms with van der Waals surface area (Å²) in [5.74, 6) is 0. The van der Waals surface area contributed by atoms with Crippen LogP contribution in [-0.4, -0.2) is 0 Å². The van der Waals surface area contributed by atoms with Gasteiger partial charge in [-0.15, -0.1) is 11.3 Å². The maximum atomic E-state index is 6.13. The van der Waals surface area contributed by atoms with Crippen molar-refractivity contribution < 1.29 is 0 Å². The monoisotopic (exact) mass is 224 g/mol. The van der Waals surface area contributed by atoms with Crippen LogP contribution in [0, 0.1) is 0 Å². The lowest BCUT2D eigenvalue weighted by Gasteiger charge is -2.14. The minimum atomic E-state index is 0.215. The van der Waals surface area contributed by atoms with Crippen LogP contribution in [0.15, 0.2) is 24.3 Å². The summed E-state index contributed by atoms with van der Waals surface area (Å²) in [6.45, 7) is 6.68. The minimum Gasteiger partial charge on any atom is -0.140 e. The van der Waals surface area contributed by atoms with Crippen molar-refractivity contribution in [3.63, 3.8) is 0 Å². The molecule has 0 fully saturated rings. The molecule has 0 N–H and O–H groups in total. The van der Waals surface area contributed by atoms with E-state index in [1.54, 1.807) is 0 Å². The third-order valence-electron chi connectivity index (χ3n) is 2.25. The predicted octanol–water partition coefficient (Wildman–Crippen LogP) is 4.85. The van der Waals surface area contributed by atoms with Crippen LogP contribution >= 0.6 is 22.9 Å². The lowest BCUT2D eigenvalue weighted by Crippen LogP contribution is -2.07. The smallest absolute Gasteiger partial charge is 0.0492 e. The van der Waals surface area contributed by atoms with Gasteiger partial charge in [-0.3, -0.25) is 0 Å². The van der Waals surface area contributed by atoms with E-state index in [0.29, 0.717) is 0 Å². The van der Waals surface area contributed by atoms with E-state index in [1.807, 2.05) is 23.5 Å². The van der Waals surface area contributed by atoms with E-state index in [-0.39, 0.29) is 5.41 Å². The molecule has 74 valence electrons. The van der Waals surface area contributed by atoms with Gasteiger partial charge in [0.1, 0.15) is 0 Å². The Morgan fingerprint density at radius 2 is 1.93 bits per heavy atom. The number of fused-ring (bicyclic) bond motifs is 1. The predicted molar refractivity (Wildman–Crippen MR) is 65.5 cm³/mol. The van der Waals surface area contributed by atoms with Gasteiger partial charge in [0.05, 0.1) is 0 Å². The molecule has 2 heteroatoms. The fraction of sp³-hybridized carbons (Fsp3) is 0.333. The summed E-state index contributed by atoms with van der Waals surface area (Å²) in [7, 11) is 0. The Hall–Kier alpha value is -0.530. The minimum absolute atomic E-state index is 0.215. The number of hydrogen-bond acceptors (Lipinski definition) is 1. The van der Waals surface area contributed by atoms with Gasteiger partial charge in [0.25, 0.3) is 0 Å². The number of hydrogen-bond donors (Lipinski definition) is 0. The lowest BCUT2D eigenvalue weighted by atomic mass is 9.94. The first-order valence-corrected chi connectivity index (χ1v) is 5.86. The second kappa shape index (κ2) is 3.25.